The van der Waals surface area contributed by atoms with Gasteiger partial charge < -0.3 is 4.90 Å². The number of rotatable bonds is 2. The SMILES string of the molecule is CC(C)(C)C1CCC2(C)C(C1)c1cc(-c3ccc4c(c3)-c3ccccc3C43c4ccccc4-c4ccccc43)ccc1N2c1ccccc1. The number of para-hydroxylation sites is 1. The minimum Gasteiger partial charge on any atom is -0.335 e. The van der Waals surface area contributed by atoms with Crippen LogP contribution in [0.2, 0.25) is 0 Å². The summed E-state index contributed by atoms with van der Waals surface area (Å²) in [5.74, 6) is 1.20. The van der Waals surface area contributed by atoms with E-state index >= 15 is 0 Å². The van der Waals surface area contributed by atoms with Gasteiger partial charge in [-0.25, -0.2) is 0 Å². The lowest BCUT2D eigenvalue weighted by molar-refractivity contribution is 0.127. The van der Waals surface area contributed by atoms with Gasteiger partial charge in [-0.15, -0.1) is 0 Å². The molecule has 1 heteroatoms. The van der Waals surface area contributed by atoms with Gasteiger partial charge in [0.05, 0.1) is 5.41 Å². The molecule has 240 valence electrons. The maximum absolute atomic E-state index is 2.69. The Hall–Kier alpha value is -4.88. The molecule has 1 heterocycles. The van der Waals surface area contributed by atoms with E-state index in [0.717, 1.165) is 0 Å². The van der Waals surface area contributed by atoms with E-state index in [4.69, 9.17) is 0 Å². The number of benzene rings is 6. The predicted octanol–water partition coefficient (Wildman–Crippen LogP) is 12.5. The maximum atomic E-state index is 2.69. The molecule has 0 N–H and O–H groups in total. The van der Waals surface area contributed by atoms with Crippen molar-refractivity contribution in [3.05, 3.63) is 167 Å². The monoisotopic (exact) mass is 633 g/mol. The average molecular weight is 634 g/mol. The van der Waals surface area contributed by atoms with E-state index in [0.29, 0.717) is 17.3 Å². The van der Waals surface area contributed by atoms with Crippen LogP contribution in [0.4, 0.5) is 11.4 Å². The van der Waals surface area contributed by atoms with Gasteiger partial charge in [0, 0.05) is 22.8 Å². The zero-order valence-corrected chi connectivity index (χ0v) is 29.0. The standard InChI is InChI=1S/C48H43N/c1-46(2,3)33-26-27-47(4)44(30-33)39-29-32(23-25-45(39)49(47)34-14-6-5-7-15-34)31-22-24-43-38(28-31)37-18-10-13-21-42(37)48(43)40-19-11-8-16-35(40)36-17-9-12-20-41(36)48/h5-25,28-29,33,44H,26-27,30H2,1-4H3. The number of nitrogens with zero attached hydrogens (tertiary/aromatic N) is 1. The van der Waals surface area contributed by atoms with Crippen LogP contribution in [-0.2, 0) is 5.41 Å². The summed E-state index contributed by atoms with van der Waals surface area (Å²) in [5, 5.41) is 0. The van der Waals surface area contributed by atoms with Gasteiger partial charge in [-0.2, -0.15) is 0 Å². The molecule has 3 aliphatic carbocycles. The van der Waals surface area contributed by atoms with Crippen LogP contribution >= 0.6 is 0 Å². The summed E-state index contributed by atoms with van der Waals surface area (Å²) in [6.45, 7) is 9.86. The summed E-state index contributed by atoms with van der Waals surface area (Å²) in [7, 11) is 0. The van der Waals surface area contributed by atoms with E-state index in [2.05, 4.69) is 172 Å². The van der Waals surface area contributed by atoms with E-state index in [1.54, 1.807) is 0 Å². The molecule has 1 spiro atoms. The Balaban J connectivity index is 1.15. The van der Waals surface area contributed by atoms with Gasteiger partial charge in [0.15, 0.2) is 0 Å². The summed E-state index contributed by atoms with van der Waals surface area (Å²) in [6, 6.07) is 53.1. The smallest absolute Gasteiger partial charge is 0.0725 e. The second kappa shape index (κ2) is 10.1. The molecule has 1 saturated carbocycles. The minimum atomic E-state index is -0.294. The van der Waals surface area contributed by atoms with Crippen molar-refractivity contribution in [2.24, 2.45) is 11.3 Å². The Bertz CT molecular complexity index is 2240. The molecule has 0 amide bonds. The number of hydrogen-bond acceptors (Lipinski definition) is 1. The molecule has 49 heavy (non-hydrogen) atoms. The molecule has 0 aromatic heterocycles. The molecule has 1 aliphatic heterocycles. The summed E-state index contributed by atoms with van der Waals surface area (Å²) in [5.41, 5.74) is 18.0. The van der Waals surface area contributed by atoms with Crippen molar-refractivity contribution in [3.63, 3.8) is 0 Å². The third-order valence-electron chi connectivity index (χ3n) is 13.0. The highest BCUT2D eigenvalue weighted by atomic mass is 15.2. The van der Waals surface area contributed by atoms with Crippen molar-refractivity contribution in [2.75, 3.05) is 4.90 Å². The molecule has 0 bridgehead atoms. The highest BCUT2D eigenvalue weighted by Gasteiger charge is 2.54. The lowest BCUT2D eigenvalue weighted by Gasteiger charge is -2.49. The van der Waals surface area contributed by atoms with Crippen LogP contribution in [-0.4, -0.2) is 5.54 Å². The Labute approximate surface area is 291 Å². The second-order valence-corrected chi connectivity index (χ2v) is 16.3. The average Bonchev–Trinajstić information content (AvgIpc) is 3.69. The fraction of sp³-hybridized carbons (Fsp3) is 0.250. The van der Waals surface area contributed by atoms with Gasteiger partial charge in [0.1, 0.15) is 0 Å². The van der Waals surface area contributed by atoms with Gasteiger partial charge in [0.25, 0.3) is 0 Å². The molecule has 1 nitrogen and oxygen atoms in total. The van der Waals surface area contributed by atoms with E-state index < -0.39 is 0 Å². The number of fused-ring (bicyclic) bond motifs is 13. The molecule has 1 fully saturated rings. The predicted molar refractivity (Wildman–Crippen MR) is 205 cm³/mol. The van der Waals surface area contributed by atoms with Crippen LogP contribution in [0.25, 0.3) is 33.4 Å². The highest BCUT2D eigenvalue weighted by molar-refractivity contribution is 5.96. The largest absolute Gasteiger partial charge is 0.335 e. The molecule has 6 aromatic carbocycles. The van der Waals surface area contributed by atoms with E-state index in [1.807, 2.05) is 0 Å². The van der Waals surface area contributed by atoms with E-state index in [9.17, 15) is 0 Å². The van der Waals surface area contributed by atoms with Crippen LogP contribution in [0.15, 0.2) is 140 Å². The Morgan fingerprint density at radius 1 is 0.571 bits per heavy atom. The normalized spacial score (nSPS) is 22.2. The molecule has 3 unspecified atom stereocenters. The molecular weight excluding hydrogens is 591 g/mol. The molecule has 3 atom stereocenters. The van der Waals surface area contributed by atoms with Crippen molar-refractivity contribution < 1.29 is 0 Å². The molecule has 0 saturated heterocycles. The molecule has 6 aromatic rings. The third-order valence-corrected chi connectivity index (χ3v) is 13.0. The van der Waals surface area contributed by atoms with E-state index in [-0.39, 0.29) is 11.0 Å². The topological polar surface area (TPSA) is 3.24 Å². The van der Waals surface area contributed by atoms with Gasteiger partial charge in [0.2, 0.25) is 0 Å². The van der Waals surface area contributed by atoms with Crippen LogP contribution in [0.3, 0.4) is 0 Å². The first-order chi connectivity index (χ1) is 23.8. The van der Waals surface area contributed by atoms with E-state index in [1.165, 1.54) is 91.8 Å². The zero-order chi connectivity index (χ0) is 33.1. The molecule has 4 aliphatic rings. The van der Waals surface area contributed by atoms with Crippen LogP contribution in [0.1, 0.15) is 80.7 Å². The van der Waals surface area contributed by atoms with Crippen molar-refractivity contribution in [2.45, 2.75) is 63.8 Å². The minimum absolute atomic E-state index is 0.0660. The Morgan fingerprint density at radius 2 is 1.10 bits per heavy atom. The quantitative estimate of drug-likeness (QED) is 0.183. The lowest BCUT2D eigenvalue weighted by Crippen LogP contribution is -2.48. The first-order valence-electron chi connectivity index (χ1n) is 18.2. The van der Waals surface area contributed by atoms with Gasteiger partial charge in [-0.3, -0.25) is 0 Å². The Kier molecular flexibility index (Phi) is 5.98. The van der Waals surface area contributed by atoms with Crippen molar-refractivity contribution in [3.8, 4) is 33.4 Å². The summed E-state index contributed by atoms with van der Waals surface area (Å²) in [6.07, 6.45) is 3.72. The zero-order valence-electron chi connectivity index (χ0n) is 29.0. The van der Waals surface area contributed by atoms with Gasteiger partial charge >= 0.3 is 0 Å². The Morgan fingerprint density at radius 3 is 1.73 bits per heavy atom. The first kappa shape index (κ1) is 29.1. The van der Waals surface area contributed by atoms with Gasteiger partial charge in [-0.05, 0) is 129 Å². The van der Waals surface area contributed by atoms with Crippen molar-refractivity contribution >= 4 is 11.4 Å². The van der Waals surface area contributed by atoms with Gasteiger partial charge in [-0.1, -0.05) is 130 Å². The van der Waals surface area contributed by atoms with Crippen molar-refractivity contribution in [1.29, 1.82) is 0 Å². The second-order valence-electron chi connectivity index (χ2n) is 16.3. The third kappa shape index (κ3) is 3.82. The summed E-state index contributed by atoms with van der Waals surface area (Å²) >= 11 is 0. The lowest BCUT2D eigenvalue weighted by atomic mass is 9.62. The highest BCUT2D eigenvalue weighted by Crippen LogP contribution is 2.64. The van der Waals surface area contributed by atoms with Crippen LogP contribution in [0.5, 0.6) is 0 Å². The fourth-order valence-corrected chi connectivity index (χ4v) is 10.6. The molecular formula is C48H43N. The van der Waals surface area contributed by atoms with Crippen molar-refractivity contribution in [1.82, 2.24) is 0 Å². The maximum Gasteiger partial charge on any atom is 0.0725 e. The summed E-state index contributed by atoms with van der Waals surface area (Å²) in [4.78, 5) is 2.69. The first-order valence-corrected chi connectivity index (χ1v) is 18.2. The number of hydrogen-bond donors (Lipinski definition) is 0. The molecule has 0 radical (unpaired) electrons. The van der Waals surface area contributed by atoms with Crippen LogP contribution < -0.4 is 4.90 Å². The fourth-order valence-electron chi connectivity index (χ4n) is 10.6. The number of anilines is 2. The molecule has 10 rings (SSSR count). The summed E-state index contributed by atoms with van der Waals surface area (Å²) < 4.78 is 0. The van der Waals surface area contributed by atoms with Crippen LogP contribution in [0, 0.1) is 11.3 Å².